The van der Waals surface area contributed by atoms with E-state index in [0.717, 1.165) is 40.5 Å². The quantitative estimate of drug-likeness (QED) is 0.154. The molecule has 0 bridgehead atoms. The Balaban J connectivity index is 1.36. The third-order valence-electron chi connectivity index (χ3n) is 7.91. The number of benzene rings is 2. The summed E-state index contributed by atoms with van der Waals surface area (Å²) in [6.07, 6.45) is -3.51. The van der Waals surface area contributed by atoms with Gasteiger partial charge in [0.25, 0.3) is 0 Å². The van der Waals surface area contributed by atoms with Gasteiger partial charge < -0.3 is 19.7 Å². The molecular formula is C28H19Cl2F5N6O4S. The van der Waals surface area contributed by atoms with E-state index in [2.05, 4.69) is 20.2 Å². The van der Waals surface area contributed by atoms with Crippen LogP contribution in [0.3, 0.4) is 0 Å². The Hall–Kier alpha value is -3.83. The number of hydrogen-bond acceptors (Lipinski definition) is 9. The van der Waals surface area contributed by atoms with Crippen LogP contribution >= 0.6 is 34.5 Å². The van der Waals surface area contributed by atoms with Crippen molar-refractivity contribution in [2.24, 2.45) is 0 Å². The molecule has 2 N–H and O–H groups in total. The highest BCUT2D eigenvalue weighted by Gasteiger charge is 2.56. The topological polar surface area (TPSA) is 120 Å². The molecule has 18 heteroatoms. The van der Waals surface area contributed by atoms with Crippen molar-refractivity contribution < 1.29 is 41.6 Å². The Morgan fingerprint density at radius 2 is 1.98 bits per heavy atom. The fourth-order valence-electron chi connectivity index (χ4n) is 5.88. The van der Waals surface area contributed by atoms with Crippen molar-refractivity contribution in [1.29, 1.82) is 0 Å². The third-order valence-corrected chi connectivity index (χ3v) is 9.46. The number of fused-ring (bicyclic) bond motifs is 2. The van der Waals surface area contributed by atoms with Crippen molar-refractivity contribution in [3.63, 3.8) is 0 Å². The number of hydrogen-bond donors (Lipinski definition) is 2. The first-order valence-electron chi connectivity index (χ1n) is 13.4. The number of ether oxygens (including phenoxy) is 2. The van der Waals surface area contributed by atoms with Crippen LogP contribution in [0.2, 0.25) is 10.0 Å². The first kappa shape index (κ1) is 30.8. The number of nitrogens with zero attached hydrogens (tertiary/aromatic N) is 6. The van der Waals surface area contributed by atoms with Crippen LogP contribution in [-0.4, -0.2) is 58.6 Å². The monoisotopic (exact) mass is 700 g/mol. The van der Waals surface area contributed by atoms with E-state index in [1.165, 1.54) is 29.5 Å². The Labute approximate surface area is 269 Å². The maximum Gasteiger partial charge on any atom is 0.418 e. The molecule has 2 aliphatic heterocycles. The summed E-state index contributed by atoms with van der Waals surface area (Å²) in [4.78, 5) is 8.51. The van der Waals surface area contributed by atoms with Crippen LogP contribution in [0.4, 0.5) is 22.0 Å². The number of aliphatic hydroxyl groups is 2. The fraction of sp³-hybridized carbons (Fsp3) is 0.286. The molecule has 10 nitrogen and oxygen atoms in total. The largest absolute Gasteiger partial charge is 0.506 e. The van der Waals surface area contributed by atoms with Gasteiger partial charge in [-0.3, -0.25) is 4.68 Å². The molecule has 2 aromatic carbocycles. The molecule has 2 aliphatic rings. The van der Waals surface area contributed by atoms with Gasteiger partial charge in [0.05, 0.1) is 56.4 Å². The van der Waals surface area contributed by atoms with Crippen LogP contribution < -0.4 is 0 Å². The van der Waals surface area contributed by atoms with Gasteiger partial charge in [-0.1, -0.05) is 23.2 Å². The molecule has 0 radical (unpaired) electrons. The number of thiazole rings is 1. The minimum atomic E-state index is -4.81. The first-order valence-corrected chi connectivity index (χ1v) is 15.0. The molecule has 3 aromatic heterocycles. The van der Waals surface area contributed by atoms with Gasteiger partial charge in [0.2, 0.25) is 0 Å². The van der Waals surface area contributed by atoms with E-state index < -0.39 is 64.5 Å². The number of aromatic nitrogens is 6. The van der Waals surface area contributed by atoms with Gasteiger partial charge in [0.1, 0.15) is 12.1 Å². The molecule has 4 atom stereocenters. The van der Waals surface area contributed by atoms with Crippen molar-refractivity contribution in [2.45, 2.75) is 43.4 Å². The standard InChI is InChI=1S/C28H19Cl2F5N6O4S/c1-11-38-26(41(39-11)15-4-13(29)2-3-14(15)28(33,34)35)27(9-42)5-16(23-24(45-27)17(43)8-44-23)40-7-12(6-37-40)18-20(31)21(32)19(30)25-22(18)36-10-46-25/h2-4,6-8,10,16,23-24,42-43H,5,9H2,1H3/t16?,23-,24?,27-/m1/s1. The number of alkyl halides is 3. The van der Waals surface area contributed by atoms with Crippen molar-refractivity contribution >= 4 is 44.8 Å². The summed E-state index contributed by atoms with van der Waals surface area (Å²) in [5.74, 6) is -3.02. The maximum atomic E-state index is 15.3. The van der Waals surface area contributed by atoms with Gasteiger partial charge >= 0.3 is 6.18 Å². The average Bonchev–Trinajstić information content (AvgIpc) is 3.83. The molecule has 2 unspecified atom stereocenters. The summed E-state index contributed by atoms with van der Waals surface area (Å²) >= 11 is 13.1. The van der Waals surface area contributed by atoms with Crippen LogP contribution in [0.25, 0.3) is 27.0 Å². The molecule has 7 rings (SSSR count). The highest BCUT2D eigenvalue weighted by molar-refractivity contribution is 7.17. The predicted molar refractivity (Wildman–Crippen MR) is 155 cm³/mol. The summed E-state index contributed by atoms with van der Waals surface area (Å²) in [7, 11) is 0. The lowest BCUT2D eigenvalue weighted by Gasteiger charge is -2.44. The van der Waals surface area contributed by atoms with Gasteiger partial charge in [-0.2, -0.15) is 23.4 Å². The van der Waals surface area contributed by atoms with E-state index in [0.29, 0.717) is 0 Å². The molecule has 0 spiro atoms. The van der Waals surface area contributed by atoms with Crippen LogP contribution in [0.1, 0.15) is 29.7 Å². The molecule has 0 amide bonds. The van der Waals surface area contributed by atoms with Gasteiger partial charge in [0, 0.05) is 23.2 Å². The van der Waals surface area contributed by atoms with E-state index in [1.807, 2.05) is 0 Å². The van der Waals surface area contributed by atoms with Gasteiger partial charge in [0.15, 0.2) is 41.0 Å². The second-order valence-electron chi connectivity index (χ2n) is 10.7. The normalized spacial score (nSPS) is 23.1. The molecular weight excluding hydrogens is 682 g/mol. The number of rotatable bonds is 5. The van der Waals surface area contributed by atoms with E-state index >= 15 is 4.39 Å². The van der Waals surface area contributed by atoms with Gasteiger partial charge in [-0.25, -0.2) is 23.4 Å². The molecule has 0 saturated carbocycles. The zero-order valence-corrected chi connectivity index (χ0v) is 25.5. The molecule has 1 saturated heterocycles. The average molecular weight is 701 g/mol. The van der Waals surface area contributed by atoms with Crippen molar-refractivity contribution in [2.75, 3.05) is 6.61 Å². The summed E-state index contributed by atoms with van der Waals surface area (Å²) in [6, 6.07) is 2.04. The van der Waals surface area contributed by atoms with Crippen LogP contribution in [-0.2, 0) is 21.3 Å². The van der Waals surface area contributed by atoms with E-state index in [4.69, 9.17) is 32.7 Å². The van der Waals surface area contributed by atoms with Crippen molar-refractivity contribution in [1.82, 2.24) is 29.5 Å². The molecule has 46 heavy (non-hydrogen) atoms. The highest BCUT2D eigenvalue weighted by atomic mass is 35.5. The van der Waals surface area contributed by atoms with Crippen LogP contribution in [0, 0.1) is 18.6 Å². The number of aliphatic hydroxyl groups excluding tert-OH is 2. The summed E-state index contributed by atoms with van der Waals surface area (Å²) in [6.45, 7) is 0.617. The molecule has 5 aromatic rings. The van der Waals surface area contributed by atoms with Crippen LogP contribution in [0.5, 0.6) is 0 Å². The Morgan fingerprint density at radius 1 is 1.20 bits per heavy atom. The van der Waals surface area contributed by atoms with E-state index in [1.54, 1.807) is 0 Å². The minimum Gasteiger partial charge on any atom is -0.506 e. The van der Waals surface area contributed by atoms with E-state index in [-0.39, 0.29) is 50.2 Å². The molecule has 5 heterocycles. The smallest absolute Gasteiger partial charge is 0.418 e. The second kappa shape index (κ2) is 10.9. The Morgan fingerprint density at radius 3 is 2.72 bits per heavy atom. The maximum absolute atomic E-state index is 15.3. The summed E-state index contributed by atoms with van der Waals surface area (Å²) in [5, 5.41) is 29.7. The SMILES string of the molecule is Cc1nc([C@]2(CO)CC(n3cc(-c4c(F)c(F)c(Cl)c5scnc45)cn3)[C@H]3OC=C(O)C3O2)n(-c2cc(Cl)ccc2C(F)(F)F)n1. The van der Waals surface area contributed by atoms with Gasteiger partial charge in [-0.15, -0.1) is 11.3 Å². The van der Waals surface area contributed by atoms with E-state index in [9.17, 15) is 27.8 Å². The minimum absolute atomic E-state index is 0.0171. The predicted octanol–water partition coefficient (Wildman–Crippen LogP) is 6.67. The lowest BCUT2D eigenvalue weighted by Crippen LogP contribution is -2.53. The molecule has 240 valence electrons. The first-order chi connectivity index (χ1) is 21.8. The van der Waals surface area contributed by atoms with Crippen LogP contribution in [0.15, 0.2) is 48.1 Å². The zero-order chi connectivity index (χ0) is 32.7. The lowest BCUT2D eigenvalue weighted by atomic mass is 9.85. The highest BCUT2D eigenvalue weighted by Crippen LogP contribution is 2.48. The molecule has 0 aliphatic carbocycles. The Kier molecular flexibility index (Phi) is 7.28. The lowest BCUT2D eigenvalue weighted by molar-refractivity contribution is -0.202. The van der Waals surface area contributed by atoms with Crippen molar-refractivity contribution in [3.8, 4) is 16.8 Å². The molecule has 1 fully saturated rings. The van der Waals surface area contributed by atoms with Gasteiger partial charge in [-0.05, 0) is 25.1 Å². The summed E-state index contributed by atoms with van der Waals surface area (Å²) < 4.78 is 86.7. The number of aryl methyl sites for hydroxylation is 1. The third kappa shape index (κ3) is 4.73. The second-order valence-corrected chi connectivity index (χ2v) is 12.4. The Bertz CT molecular complexity index is 2050. The number of halogens is 7. The summed E-state index contributed by atoms with van der Waals surface area (Å²) in [5.41, 5.74) is -1.98. The van der Waals surface area contributed by atoms with Crippen molar-refractivity contribution in [3.05, 3.63) is 87.0 Å². The fourth-order valence-corrected chi connectivity index (χ4v) is 7.08. The zero-order valence-electron chi connectivity index (χ0n) is 23.1.